The Morgan fingerprint density at radius 1 is 1.03 bits per heavy atom. The lowest BCUT2D eigenvalue weighted by atomic mass is 9.97. The molecule has 0 unspecified atom stereocenters. The van der Waals surface area contributed by atoms with Gasteiger partial charge in [-0.1, -0.05) is 30.3 Å². The molecule has 1 amide bonds. The van der Waals surface area contributed by atoms with Crippen LogP contribution in [0.5, 0.6) is 5.75 Å². The van der Waals surface area contributed by atoms with Gasteiger partial charge in [-0.15, -0.1) is 0 Å². The Hall–Kier alpha value is -4.39. The standard InChI is InChI=1S/C28H27N5O2/c1-18-27(19(2)33(32-18)20-9-5-4-6-10-20)22-14-13-21(35-3)17-23(22)28(34)29-16-15-26-30-24-11-7-8-12-25(24)31-26/h4-14,17H,15-16H2,1-3H3,(H,29,34)(H,30,31). The lowest BCUT2D eigenvalue weighted by molar-refractivity contribution is 0.0954. The SMILES string of the molecule is COc1ccc(-c2c(C)nn(-c3ccccc3)c2C)c(C(=O)NCCc2nc3ccccc3[nH]2)c1. The van der Waals surface area contributed by atoms with Crippen LogP contribution in [0.4, 0.5) is 0 Å². The van der Waals surface area contributed by atoms with Crippen molar-refractivity contribution in [3.8, 4) is 22.6 Å². The summed E-state index contributed by atoms with van der Waals surface area (Å²) in [6, 6.07) is 23.5. The summed E-state index contributed by atoms with van der Waals surface area (Å²) in [4.78, 5) is 21.2. The topological polar surface area (TPSA) is 84.8 Å². The fourth-order valence-electron chi connectivity index (χ4n) is 4.42. The molecule has 5 aromatic rings. The molecule has 0 atom stereocenters. The van der Waals surface area contributed by atoms with Crippen molar-refractivity contribution >= 4 is 16.9 Å². The number of nitrogens with one attached hydrogen (secondary N) is 2. The number of hydrogen-bond donors (Lipinski definition) is 2. The summed E-state index contributed by atoms with van der Waals surface area (Å²) in [5.74, 6) is 1.30. The van der Waals surface area contributed by atoms with Gasteiger partial charge >= 0.3 is 0 Å². The van der Waals surface area contributed by atoms with Crippen LogP contribution in [0.2, 0.25) is 0 Å². The Kier molecular flexibility index (Phi) is 6.06. The summed E-state index contributed by atoms with van der Waals surface area (Å²) in [6.45, 7) is 4.45. The van der Waals surface area contributed by atoms with E-state index in [0.29, 0.717) is 24.3 Å². The van der Waals surface area contributed by atoms with Crippen LogP contribution in [0.15, 0.2) is 72.8 Å². The number of amides is 1. The summed E-state index contributed by atoms with van der Waals surface area (Å²) >= 11 is 0. The van der Waals surface area contributed by atoms with Gasteiger partial charge in [0.15, 0.2) is 0 Å². The molecular weight excluding hydrogens is 438 g/mol. The second-order valence-electron chi connectivity index (χ2n) is 8.41. The quantitative estimate of drug-likeness (QED) is 0.354. The number of H-pyrrole nitrogens is 1. The number of nitrogens with zero attached hydrogens (tertiary/aromatic N) is 3. The normalized spacial score (nSPS) is 11.1. The third-order valence-electron chi connectivity index (χ3n) is 6.12. The Morgan fingerprint density at radius 3 is 2.57 bits per heavy atom. The molecule has 35 heavy (non-hydrogen) atoms. The second kappa shape index (κ2) is 9.46. The Labute approximate surface area is 203 Å². The van der Waals surface area contributed by atoms with E-state index in [1.54, 1.807) is 13.2 Å². The van der Waals surface area contributed by atoms with E-state index in [2.05, 4.69) is 15.3 Å². The minimum atomic E-state index is -0.165. The molecule has 3 aromatic carbocycles. The molecule has 0 aliphatic carbocycles. The van der Waals surface area contributed by atoms with Crippen LogP contribution >= 0.6 is 0 Å². The predicted octanol–water partition coefficient (Wildman–Crippen LogP) is 5.01. The molecule has 5 rings (SSSR count). The van der Waals surface area contributed by atoms with E-state index in [-0.39, 0.29) is 5.91 Å². The van der Waals surface area contributed by atoms with E-state index in [4.69, 9.17) is 9.84 Å². The van der Waals surface area contributed by atoms with Gasteiger partial charge in [0.1, 0.15) is 11.6 Å². The molecule has 0 aliphatic rings. The van der Waals surface area contributed by atoms with Crippen molar-refractivity contribution in [3.63, 3.8) is 0 Å². The fraction of sp³-hybridized carbons (Fsp3) is 0.179. The summed E-state index contributed by atoms with van der Waals surface area (Å²) in [6.07, 6.45) is 0.601. The highest BCUT2D eigenvalue weighted by molar-refractivity contribution is 6.02. The number of imidazole rings is 1. The van der Waals surface area contributed by atoms with Gasteiger partial charge in [-0.2, -0.15) is 5.10 Å². The van der Waals surface area contributed by atoms with Crippen molar-refractivity contribution in [2.45, 2.75) is 20.3 Å². The lowest BCUT2D eigenvalue weighted by Crippen LogP contribution is -2.26. The molecule has 0 saturated carbocycles. The molecule has 2 aromatic heterocycles. The molecule has 2 N–H and O–H groups in total. The van der Waals surface area contributed by atoms with Crippen LogP contribution in [0.25, 0.3) is 27.8 Å². The highest BCUT2D eigenvalue weighted by atomic mass is 16.5. The zero-order valence-electron chi connectivity index (χ0n) is 20.0. The molecule has 0 spiro atoms. The van der Waals surface area contributed by atoms with E-state index >= 15 is 0 Å². The largest absolute Gasteiger partial charge is 0.497 e. The minimum Gasteiger partial charge on any atom is -0.497 e. The van der Waals surface area contributed by atoms with Gasteiger partial charge in [-0.05, 0) is 61.9 Å². The summed E-state index contributed by atoms with van der Waals surface area (Å²) < 4.78 is 7.34. The number of aromatic amines is 1. The van der Waals surface area contributed by atoms with Crippen LogP contribution in [-0.2, 0) is 6.42 Å². The van der Waals surface area contributed by atoms with Crippen LogP contribution in [-0.4, -0.2) is 39.3 Å². The first-order valence-corrected chi connectivity index (χ1v) is 11.6. The minimum absolute atomic E-state index is 0.165. The molecule has 0 bridgehead atoms. The van der Waals surface area contributed by atoms with Crippen molar-refractivity contribution in [2.24, 2.45) is 0 Å². The Morgan fingerprint density at radius 2 is 1.80 bits per heavy atom. The van der Waals surface area contributed by atoms with Crippen molar-refractivity contribution in [2.75, 3.05) is 13.7 Å². The van der Waals surface area contributed by atoms with E-state index in [1.807, 2.05) is 85.3 Å². The molecule has 0 aliphatic heterocycles. The van der Waals surface area contributed by atoms with Crippen LogP contribution < -0.4 is 10.1 Å². The van der Waals surface area contributed by atoms with E-state index in [0.717, 1.165) is 45.1 Å². The number of aryl methyl sites for hydroxylation is 1. The first-order valence-electron chi connectivity index (χ1n) is 11.6. The number of carbonyl (C=O) groups is 1. The van der Waals surface area contributed by atoms with Gasteiger partial charge in [0.05, 0.1) is 35.1 Å². The number of benzene rings is 3. The predicted molar refractivity (Wildman–Crippen MR) is 137 cm³/mol. The maximum Gasteiger partial charge on any atom is 0.252 e. The first kappa shape index (κ1) is 22.4. The van der Waals surface area contributed by atoms with Crippen molar-refractivity contribution in [3.05, 3.63) is 95.6 Å². The number of ether oxygens (including phenoxy) is 1. The van der Waals surface area contributed by atoms with Gasteiger partial charge in [-0.3, -0.25) is 4.79 Å². The Balaban J connectivity index is 1.42. The van der Waals surface area contributed by atoms with Gasteiger partial charge < -0.3 is 15.0 Å². The van der Waals surface area contributed by atoms with Crippen LogP contribution in [0.1, 0.15) is 27.6 Å². The van der Waals surface area contributed by atoms with Crippen molar-refractivity contribution in [1.82, 2.24) is 25.1 Å². The highest BCUT2D eigenvalue weighted by Crippen LogP contribution is 2.33. The first-order chi connectivity index (χ1) is 17.0. The maximum atomic E-state index is 13.3. The molecule has 2 heterocycles. The molecule has 0 radical (unpaired) electrons. The number of para-hydroxylation sites is 3. The van der Waals surface area contributed by atoms with Gasteiger partial charge in [0.2, 0.25) is 0 Å². The van der Waals surface area contributed by atoms with Gasteiger partial charge in [-0.25, -0.2) is 9.67 Å². The monoisotopic (exact) mass is 465 g/mol. The highest BCUT2D eigenvalue weighted by Gasteiger charge is 2.21. The van der Waals surface area contributed by atoms with Gasteiger partial charge in [0, 0.05) is 24.2 Å². The van der Waals surface area contributed by atoms with Crippen molar-refractivity contribution in [1.29, 1.82) is 0 Å². The lowest BCUT2D eigenvalue weighted by Gasteiger charge is -2.13. The summed E-state index contributed by atoms with van der Waals surface area (Å²) in [5, 5.41) is 7.81. The number of fused-ring (bicyclic) bond motifs is 1. The fourth-order valence-corrected chi connectivity index (χ4v) is 4.42. The van der Waals surface area contributed by atoms with E-state index in [9.17, 15) is 4.79 Å². The second-order valence-corrected chi connectivity index (χ2v) is 8.41. The Bertz CT molecular complexity index is 1470. The molecule has 7 nitrogen and oxygen atoms in total. The van der Waals surface area contributed by atoms with Crippen LogP contribution in [0, 0.1) is 13.8 Å². The molecule has 7 heteroatoms. The summed E-state index contributed by atoms with van der Waals surface area (Å²) in [5.41, 5.74) is 7.03. The van der Waals surface area contributed by atoms with E-state index in [1.165, 1.54) is 0 Å². The molecule has 0 fully saturated rings. The smallest absolute Gasteiger partial charge is 0.252 e. The number of hydrogen-bond acceptors (Lipinski definition) is 4. The van der Waals surface area contributed by atoms with Crippen LogP contribution in [0.3, 0.4) is 0 Å². The number of methoxy groups -OCH3 is 1. The van der Waals surface area contributed by atoms with Crippen molar-refractivity contribution < 1.29 is 9.53 Å². The average Bonchev–Trinajstić information content (AvgIpc) is 3.43. The summed E-state index contributed by atoms with van der Waals surface area (Å²) in [7, 11) is 1.60. The molecule has 0 saturated heterocycles. The average molecular weight is 466 g/mol. The molecule has 176 valence electrons. The zero-order chi connectivity index (χ0) is 24.4. The third kappa shape index (κ3) is 4.40. The van der Waals surface area contributed by atoms with Gasteiger partial charge in [0.25, 0.3) is 5.91 Å². The zero-order valence-corrected chi connectivity index (χ0v) is 20.0. The maximum absolute atomic E-state index is 13.3. The number of rotatable bonds is 7. The van der Waals surface area contributed by atoms with E-state index < -0.39 is 0 Å². The number of carbonyl (C=O) groups excluding carboxylic acids is 1. The third-order valence-corrected chi connectivity index (χ3v) is 6.12. The molecular formula is C28H27N5O2. The number of aromatic nitrogens is 4.